The van der Waals surface area contributed by atoms with Crippen molar-refractivity contribution in [1.29, 1.82) is 0 Å². The van der Waals surface area contributed by atoms with Crippen molar-refractivity contribution in [2.24, 2.45) is 10.2 Å². The molecule has 1 aromatic heterocycles. The largest absolute Gasteiger partial charge is 0.503 e. The number of hydrogen-bond donors (Lipinski definition) is 3. The predicted molar refractivity (Wildman–Crippen MR) is 82.2 cm³/mol. The third-order valence-electron chi connectivity index (χ3n) is 2.89. The Kier molecular flexibility index (Phi) is 3.49. The summed E-state index contributed by atoms with van der Waals surface area (Å²) in [5.41, 5.74) is 1.94. The summed E-state index contributed by atoms with van der Waals surface area (Å²) in [5, 5.41) is 18.0. The second-order valence-corrected chi connectivity index (χ2v) is 4.81. The number of imidazole rings is 1. The molecule has 0 aliphatic heterocycles. The molecule has 0 bridgehead atoms. The van der Waals surface area contributed by atoms with Crippen LogP contribution in [0.3, 0.4) is 0 Å². The zero-order valence-corrected chi connectivity index (χ0v) is 12.0. The van der Waals surface area contributed by atoms with Crippen LogP contribution in [0.1, 0.15) is 0 Å². The third-order valence-corrected chi connectivity index (χ3v) is 3.15. The first kappa shape index (κ1) is 13.4. The molecule has 3 rings (SSSR count). The molecular weight excluding hydrogens is 288 g/mol. The lowest BCUT2D eigenvalue weighted by atomic mass is 10.3. The quantitative estimate of drug-likeness (QED) is 0.505. The topological polar surface area (TPSA) is 82.9 Å². The summed E-state index contributed by atoms with van der Waals surface area (Å²) in [6, 6.07) is 10.8. The van der Waals surface area contributed by atoms with Gasteiger partial charge in [0.2, 0.25) is 5.95 Å². The van der Waals surface area contributed by atoms with Gasteiger partial charge in [0.1, 0.15) is 5.69 Å². The van der Waals surface area contributed by atoms with E-state index in [2.05, 4.69) is 32.8 Å². The summed E-state index contributed by atoms with van der Waals surface area (Å²) in [6.07, 6.45) is 0. The maximum Gasteiger partial charge on any atom is 0.247 e. The number of aromatic nitrogens is 2. The normalized spacial score (nSPS) is 11.3. The van der Waals surface area contributed by atoms with E-state index in [9.17, 15) is 5.11 Å². The highest BCUT2D eigenvalue weighted by atomic mass is 32.1. The minimum Gasteiger partial charge on any atom is -0.503 e. The van der Waals surface area contributed by atoms with Crippen LogP contribution in [-0.2, 0) is 0 Å². The third kappa shape index (κ3) is 2.68. The molecule has 0 aliphatic carbocycles. The molecule has 0 saturated carbocycles. The zero-order chi connectivity index (χ0) is 14.8. The standard InChI is InChI=1S/C14H12N4O2S/c1-20-12-7-8(21)6-11(13(12)19)17-18-14-15-9-4-2-3-5-10(9)16-14/h2-7,19,21H,1H3,(H,15,16). The van der Waals surface area contributed by atoms with Crippen LogP contribution in [0, 0.1) is 0 Å². The van der Waals surface area contributed by atoms with Crippen LogP contribution in [0.5, 0.6) is 11.5 Å². The number of nitrogens with zero attached hydrogens (tertiary/aromatic N) is 3. The molecule has 0 saturated heterocycles. The van der Waals surface area contributed by atoms with E-state index in [0.717, 1.165) is 11.0 Å². The van der Waals surface area contributed by atoms with E-state index in [4.69, 9.17) is 4.74 Å². The Morgan fingerprint density at radius 1 is 1.24 bits per heavy atom. The van der Waals surface area contributed by atoms with Gasteiger partial charge in [-0.2, -0.15) is 0 Å². The van der Waals surface area contributed by atoms with Gasteiger partial charge in [-0.3, -0.25) is 0 Å². The van der Waals surface area contributed by atoms with Crippen molar-refractivity contribution in [3.63, 3.8) is 0 Å². The van der Waals surface area contributed by atoms with Crippen LogP contribution >= 0.6 is 12.6 Å². The van der Waals surface area contributed by atoms with Crippen molar-refractivity contribution in [1.82, 2.24) is 9.97 Å². The maximum absolute atomic E-state index is 9.99. The number of rotatable bonds is 3. The second kappa shape index (κ2) is 5.45. The Bertz CT molecular complexity index is 796. The lowest BCUT2D eigenvalue weighted by Crippen LogP contribution is -1.83. The van der Waals surface area contributed by atoms with Crippen LogP contribution in [0.15, 0.2) is 51.5 Å². The first-order chi connectivity index (χ1) is 10.2. The second-order valence-electron chi connectivity index (χ2n) is 4.29. The van der Waals surface area contributed by atoms with Gasteiger partial charge in [0.15, 0.2) is 11.5 Å². The molecule has 6 nitrogen and oxygen atoms in total. The van der Waals surface area contributed by atoms with Gasteiger partial charge in [-0.05, 0) is 24.3 Å². The van der Waals surface area contributed by atoms with E-state index >= 15 is 0 Å². The van der Waals surface area contributed by atoms with Crippen molar-refractivity contribution in [2.45, 2.75) is 4.90 Å². The van der Waals surface area contributed by atoms with E-state index in [0.29, 0.717) is 16.6 Å². The highest BCUT2D eigenvalue weighted by Gasteiger charge is 2.09. The van der Waals surface area contributed by atoms with Crippen molar-refractivity contribution < 1.29 is 9.84 Å². The molecular formula is C14H12N4O2S. The number of fused-ring (bicyclic) bond motifs is 1. The van der Waals surface area contributed by atoms with Crippen molar-refractivity contribution in [3.05, 3.63) is 36.4 Å². The number of methoxy groups -OCH3 is 1. The van der Waals surface area contributed by atoms with Gasteiger partial charge in [-0.1, -0.05) is 12.1 Å². The van der Waals surface area contributed by atoms with Gasteiger partial charge in [0.25, 0.3) is 0 Å². The Morgan fingerprint density at radius 2 is 2.05 bits per heavy atom. The van der Waals surface area contributed by atoms with Crippen molar-refractivity contribution in [3.8, 4) is 11.5 Å². The fraction of sp³-hybridized carbons (Fsp3) is 0.0714. The molecule has 0 amide bonds. The number of azo groups is 1. The van der Waals surface area contributed by atoms with Crippen LogP contribution in [0.25, 0.3) is 11.0 Å². The van der Waals surface area contributed by atoms with E-state index in [1.54, 1.807) is 12.1 Å². The highest BCUT2D eigenvalue weighted by molar-refractivity contribution is 7.80. The van der Waals surface area contributed by atoms with Gasteiger partial charge in [-0.15, -0.1) is 22.9 Å². The summed E-state index contributed by atoms with van der Waals surface area (Å²) in [4.78, 5) is 7.91. The Morgan fingerprint density at radius 3 is 2.81 bits per heavy atom. The van der Waals surface area contributed by atoms with Crippen molar-refractivity contribution >= 4 is 35.3 Å². The van der Waals surface area contributed by atoms with E-state index < -0.39 is 0 Å². The Labute approximate surface area is 125 Å². The number of benzene rings is 2. The molecule has 7 heteroatoms. The first-order valence-electron chi connectivity index (χ1n) is 6.14. The number of aromatic hydroxyl groups is 1. The molecule has 0 atom stereocenters. The van der Waals surface area contributed by atoms with Crippen LogP contribution in [-0.4, -0.2) is 22.2 Å². The lowest BCUT2D eigenvalue weighted by Gasteiger charge is -2.05. The molecule has 2 aromatic carbocycles. The molecule has 1 heterocycles. The van der Waals surface area contributed by atoms with Gasteiger partial charge >= 0.3 is 0 Å². The summed E-state index contributed by atoms with van der Waals surface area (Å²) < 4.78 is 5.04. The van der Waals surface area contributed by atoms with Gasteiger partial charge in [0.05, 0.1) is 18.1 Å². The summed E-state index contributed by atoms with van der Waals surface area (Å²) in [7, 11) is 1.46. The maximum atomic E-state index is 9.99. The van der Waals surface area contributed by atoms with Crippen LogP contribution in [0.4, 0.5) is 11.6 Å². The predicted octanol–water partition coefficient (Wildman–Crippen LogP) is 3.98. The summed E-state index contributed by atoms with van der Waals surface area (Å²) >= 11 is 4.23. The lowest BCUT2D eigenvalue weighted by molar-refractivity contribution is 0.373. The number of H-pyrrole nitrogens is 1. The minimum atomic E-state index is -0.0878. The highest BCUT2D eigenvalue weighted by Crippen LogP contribution is 2.39. The van der Waals surface area contributed by atoms with Gasteiger partial charge in [-0.25, -0.2) is 4.98 Å². The minimum absolute atomic E-state index is 0.0878. The first-order valence-corrected chi connectivity index (χ1v) is 6.58. The average Bonchev–Trinajstić information content (AvgIpc) is 2.90. The smallest absolute Gasteiger partial charge is 0.247 e. The molecule has 0 radical (unpaired) electrons. The molecule has 0 aliphatic rings. The molecule has 3 aromatic rings. The van der Waals surface area contributed by atoms with Crippen molar-refractivity contribution in [2.75, 3.05) is 7.11 Å². The summed E-state index contributed by atoms with van der Waals surface area (Å²) in [6.45, 7) is 0. The van der Waals surface area contributed by atoms with Gasteiger partial charge in [0, 0.05) is 4.90 Å². The molecule has 106 valence electrons. The number of thiol groups is 1. The number of aromatic amines is 1. The van der Waals surface area contributed by atoms with Crippen LogP contribution in [0.2, 0.25) is 0 Å². The van der Waals surface area contributed by atoms with Crippen LogP contribution < -0.4 is 4.74 Å². The molecule has 0 unspecified atom stereocenters. The average molecular weight is 300 g/mol. The molecule has 0 spiro atoms. The van der Waals surface area contributed by atoms with E-state index in [1.165, 1.54) is 7.11 Å². The molecule has 2 N–H and O–H groups in total. The van der Waals surface area contributed by atoms with E-state index in [1.807, 2.05) is 24.3 Å². The monoisotopic (exact) mass is 300 g/mol. The Hall–Kier alpha value is -2.54. The number of phenols is 1. The molecule has 21 heavy (non-hydrogen) atoms. The number of hydrogen-bond acceptors (Lipinski definition) is 6. The Balaban J connectivity index is 1.97. The fourth-order valence-electron chi connectivity index (χ4n) is 1.90. The van der Waals surface area contributed by atoms with E-state index in [-0.39, 0.29) is 11.4 Å². The number of phenolic OH excluding ortho intramolecular Hbond substituents is 1. The molecule has 0 fully saturated rings. The SMILES string of the molecule is COc1cc(S)cc(N=Nc2nc3ccccc3[nH]2)c1O. The number of ether oxygens (including phenoxy) is 1. The summed E-state index contributed by atoms with van der Waals surface area (Å²) in [5.74, 6) is 0.565. The van der Waals surface area contributed by atoms with Gasteiger partial charge < -0.3 is 14.8 Å². The number of para-hydroxylation sites is 2. The zero-order valence-electron chi connectivity index (χ0n) is 11.1. The number of nitrogens with one attached hydrogen (secondary N) is 1. The fourth-order valence-corrected chi connectivity index (χ4v) is 2.14.